The van der Waals surface area contributed by atoms with Crippen LogP contribution in [0.4, 0.5) is 5.69 Å². The Morgan fingerprint density at radius 2 is 1.73 bits per heavy atom. The molecule has 1 aromatic carbocycles. The third-order valence-electron chi connectivity index (χ3n) is 7.09. The van der Waals surface area contributed by atoms with Crippen LogP contribution in [0, 0.1) is 30.1 Å². The van der Waals surface area contributed by atoms with E-state index >= 15 is 0 Å². The number of aryl methyl sites for hydroxylation is 1. The molecule has 2 amide bonds. The summed E-state index contributed by atoms with van der Waals surface area (Å²) < 4.78 is 5.19. The molecule has 162 valence electrons. The Balaban J connectivity index is 1.21. The Labute approximate surface area is 178 Å². The van der Waals surface area contributed by atoms with E-state index in [1.54, 1.807) is 6.07 Å². The number of amides is 2. The topological polar surface area (TPSA) is 84.5 Å². The van der Waals surface area contributed by atoms with Crippen molar-refractivity contribution in [3.8, 4) is 0 Å². The molecule has 6 nitrogen and oxygen atoms in total. The maximum atomic E-state index is 12.5. The highest BCUT2D eigenvalue weighted by Gasteiger charge is 2.51. The summed E-state index contributed by atoms with van der Waals surface area (Å²) in [5.74, 6) is 1.31. The van der Waals surface area contributed by atoms with Gasteiger partial charge in [0.15, 0.2) is 6.10 Å². The van der Waals surface area contributed by atoms with Crippen molar-refractivity contribution >= 4 is 23.5 Å². The van der Waals surface area contributed by atoms with Crippen molar-refractivity contribution in [2.75, 3.05) is 11.9 Å². The van der Waals surface area contributed by atoms with Crippen LogP contribution in [-0.4, -0.2) is 30.4 Å². The van der Waals surface area contributed by atoms with E-state index in [-0.39, 0.29) is 17.9 Å². The van der Waals surface area contributed by atoms with Crippen LogP contribution in [0.25, 0.3) is 0 Å². The second-order valence-electron chi connectivity index (χ2n) is 9.86. The van der Waals surface area contributed by atoms with E-state index in [0.717, 1.165) is 42.6 Å². The molecule has 1 aromatic rings. The standard InChI is InChI=1S/C24H32N2O4/c1-15-4-3-5-20(6-15)26-23(29)16(2)30-22(28)14-25-21(27)13-24-10-17-7-18(11-24)9-19(8-17)12-24/h3-6,16-19H,7-14H2,1-2H3,(H,25,27)(H,26,29)/t16-,17?,18?,19?,24?/m1/s1. The zero-order valence-electron chi connectivity index (χ0n) is 17.9. The van der Waals surface area contributed by atoms with E-state index in [1.165, 1.54) is 26.2 Å². The molecule has 0 saturated heterocycles. The first-order valence-corrected chi connectivity index (χ1v) is 11.1. The Hall–Kier alpha value is -2.37. The van der Waals surface area contributed by atoms with E-state index < -0.39 is 18.0 Å². The van der Waals surface area contributed by atoms with Crippen LogP contribution >= 0.6 is 0 Å². The lowest BCUT2D eigenvalue weighted by atomic mass is 9.49. The summed E-state index contributed by atoms with van der Waals surface area (Å²) >= 11 is 0. The van der Waals surface area contributed by atoms with Crippen molar-refractivity contribution in [1.82, 2.24) is 5.32 Å². The summed E-state index contributed by atoms with van der Waals surface area (Å²) in [4.78, 5) is 36.9. The van der Waals surface area contributed by atoms with Gasteiger partial charge in [0.2, 0.25) is 5.91 Å². The molecular formula is C24H32N2O4. The molecule has 0 aromatic heterocycles. The Kier molecular flexibility index (Phi) is 5.85. The number of hydrogen-bond donors (Lipinski definition) is 2. The summed E-state index contributed by atoms with van der Waals surface area (Å²) in [6, 6.07) is 7.41. The van der Waals surface area contributed by atoms with E-state index in [1.807, 2.05) is 25.1 Å². The predicted octanol–water partition coefficient (Wildman–Crippen LogP) is 3.59. The third kappa shape index (κ3) is 4.85. The fraction of sp³-hybridized carbons (Fsp3) is 0.625. The summed E-state index contributed by atoms with van der Waals surface area (Å²) in [5.41, 5.74) is 1.83. The lowest BCUT2D eigenvalue weighted by Crippen LogP contribution is -2.48. The van der Waals surface area contributed by atoms with Gasteiger partial charge in [0.25, 0.3) is 5.91 Å². The summed E-state index contributed by atoms with van der Waals surface area (Å²) in [6.45, 7) is 3.26. The van der Waals surface area contributed by atoms with Gasteiger partial charge in [0.05, 0.1) is 0 Å². The van der Waals surface area contributed by atoms with E-state index in [9.17, 15) is 14.4 Å². The van der Waals surface area contributed by atoms with Crippen LogP contribution in [0.15, 0.2) is 24.3 Å². The minimum atomic E-state index is -0.932. The normalized spacial score (nSPS) is 29.9. The molecule has 0 aliphatic heterocycles. The van der Waals surface area contributed by atoms with Crippen molar-refractivity contribution in [2.45, 2.75) is 64.9 Å². The average Bonchev–Trinajstić information content (AvgIpc) is 2.65. The lowest BCUT2D eigenvalue weighted by Gasteiger charge is -2.56. The lowest BCUT2D eigenvalue weighted by molar-refractivity contribution is -0.153. The molecule has 2 N–H and O–H groups in total. The number of carbonyl (C=O) groups excluding carboxylic acids is 3. The molecule has 0 spiro atoms. The molecule has 0 radical (unpaired) electrons. The van der Waals surface area contributed by atoms with Gasteiger partial charge in [-0.25, -0.2) is 0 Å². The Morgan fingerprint density at radius 1 is 1.10 bits per heavy atom. The molecule has 0 unspecified atom stereocenters. The Bertz CT molecular complexity index is 799. The first-order chi connectivity index (χ1) is 14.3. The summed E-state index contributed by atoms with van der Waals surface area (Å²) in [6.07, 6.45) is 7.08. The first kappa shape index (κ1) is 20.9. The fourth-order valence-electron chi connectivity index (χ4n) is 6.34. The summed E-state index contributed by atoms with van der Waals surface area (Å²) in [5, 5.41) is 5.45. The summed E-state index contributed by atoms with van der Waals surface area (Å²) in [7, 11) is 0. The molecule has 1 atom stereocenters. The number of carbonyl (C=O) groups is 3. The second kappa shape index (κ2) is 8.40. The molecule has 30 heavy (non-hydrogen) atoms. The molecule has 4 bridgehead atoms. The Morgan fingerprint density at radius 3 is 2.33 bits per heavy atom. The van der Waals surface area contributed by atoms with E-state index in [0.29, 0.717) is 12.1 Å². The third-order valence-corrected chi connectivity index (χ3v) is 7.09. The van der Waals surface area contributed by atoms with Gasteiger partial charge < -0.3 is 15.4 Å². The molecular weight excluding hydrogens is 380 g/mol. The van der Waals surface area contributed by atoms with Crippen molar-refractivity contribution < 1.29 is 19.1 Å². The molecule has 5 rings (SSSR count). The zero-order chi connectivity index (χ0) is 21.3. The zero-order valence-corrected chi connectivity index (χ0v) is 17.9. The largest absolute Gasteiger partial charge is 0.451 e. The van der Waals surface area contributed by atoms with Gasteiger partial charge >= 0.3 is 5.97 Å². The van der Waals surface area contributed by atoms with Gasteiger partial charge in [-0.1, -0.05) is 12.1 Å². The van der Waals surface area contributed by atoms with Crippen LogP contribution < -0.4 is 10.6 Å². The van der Waals surface area contributed by atoms with Crippen LogP contribution in [0.2, 0.25) is 0 Å². The van der Waals surface area contributed by atoms with Crippen molar-refractivity contribution in [1.29, 1.82) is 0 Å². The number of benzene rings is 1. The van der Waals surface area contributed by atoms with Crippen LogP contribution in [0.1, 0.15) is 57.4 Å². The van der Waals surface area contributed by atoms with Crippen LogP contribution in [0.3, 0.4) is 0 Å². The highest BCUT2D eigenvalue weighted by Crippen LogP contribution is 2.61. The van der Waals surface area contributed by atoms with E-state index in [2.05, 4.69) is 10.6 Å². The highest BCUT2D eigenvalue weighted by molar-refractivity contribution is 5.95. The van der Waals surface area contributed by atoms with Gasteiger partial charge in [-0.2, -0.15) is 0 Å². The monoisotopic (exact) mass is 412 g/mol. The fourth-order valence-corrected chi connectivity index (χ4v) is 6.34. The van der Waals surface area contributed by atoms with Gasteiger partial charge in [-0.3, -0.25) is 14.4 Å². The molecule has 4 aliphatic rings. The SMILES string of the molecule is Cc1cccc(NC(=O)[C@@H](C)OC(=O)CNC(=O)CC23CC4CC(CC(C4)C2)C3)c1. The van der Waals surface area contributed by atoms with Gasteiger partial charge in [0, 0.05) is 12.1 Å². The minimum absolute atomic E-state index is 0.0780. The van der Waals surface area contributed by atoms with Crippen molar-refractivity contribution in [2.24, 2.45) is 23.2 Å². The smallest absolute Gasteiger partial charge is 0.326 e. The van der Waals surface area contributed by atoms with Crippen LogP contribution in [0.5, 0.6) is 0 Å². The van der Waals surface area contributed by atoms with E-state index in [4.69, 9.17) is 4.74 Å². The second-order valence-corrected chi connectivity index (χ2v) is 9.86. The van der Waals surface area contributed by atoms with Crippen molar-refractivity contribution in [3.05, 3.63) is 29.8 Å². The maximum Gasteiger partial charge on any atom is 0.326 e. The van der Waals surface area contributed by atoms with Gasteiger partial charge in [-0.15, -0.1) is 0 Å². The average molecular weight is 413 g/mol. The number of esters is 1. The molecule has 4 saturated carbocycles. The molecule has 4 fully saturated rings. The number of anilines is 1. The maximum absolute atomic E-state index is 12.5. The molecule has 6 heteroatoms. The minimum Gasteiger partial charge on any atom is -0.451 e. The number of ether oxygens (including phenoxy) is 1. The highest BCUT2D eigenvalue weighted by atomic mass is 16.5. The predicted molar refractivity (Wildman–Crippen MR) is 114 cm³/mol. The number of hydrogen-bond acceptors (Lipinski definition) is 4. The van der Waals surface area contributed by atoms with Crippen LogP contribution in [-0.2, 0) is 19.1 Å². The van der Waals surface area contributed by atoms with Crippen molar-refractivity contribution in [3.63, 3.8) is 0 Å². The molecule has 0 heterocycles. The van der Waals surface area contributed by atoms with Gasteiger partial charge in [0.1, 0.15) is 6.54 Å². The van der Waals surface area contributed by atoms with Gasteiger partial charge in [-0.05, 0) is 93.2 Å². The number of rotatable bonds is 7. The molecule has 4 aliphatic carbocycles. The number of nitrogens with one attached hydrogen (secondary N) is 2. The quantitative estimate of drug-likeness (QED) is 0.671. The first-order valence-electron chi connectivity index (χ1n) is 11.1.